The van der Waals surface area contributed by atoms with Gasteiger partial charge >= 0.3 is 6.03 Å². The van der Waals surface area contributed by atoms with E-state index in [1.165, 1.54) is 0 Å². The SMILES string of the molecule is CCCONC(=O)N1CCC(Oc2ccc(-c3ccc4nccn4c3Cl)cc2)CC1. The number of carbonyl (C=O) groups is 1. The van der Waals surface area contributed by atoms with Gasteiger partial charge in [0.15, 0.2) is 0 Å². The zero-order valence-corrected chi connectivity index (χ0v) is 17.6. The van der Waals surface area contributed by atoms with E-state index in [1.54, 1.807) is 11.1 Å². The molecular weight excluding hydrogens is 404 g/mol. The van der Waals surface area contributed by atoms with E-state index in [0.29, 0.717) is 24.8 Å². The van der Waals surface area contributed by atoms with Gasteiger partial charge in [0.25, 0.3) is 0 Å². The number of amides is 2. The molecule has 1 saturated heterocycles. The molecule has 8 heteroatoms. The van der Waals surface area contributed by atoms with Gasteiger partial charge in [-0.3, -0.25) is 9.24 Å². The van der Waals surface area contributed by atoms with Crippen molar-refractivity contribution in [2.24, 2.45) is 0 Å². The van der Waals surface area contributed by atoms with Crippen molar-refractivity contribution in [1.29, 1.82) is 0 Å². The molecule has 1 aliphatic heterocycles. The van der Waals surface area contributed by atoms with Gasteiger partial charge in [-0.25, -0.2) is 15.3 Å². The molecule has 0 atom stereocenters. The van der Waals surface area contributed by atoms with Gasteiger partial charge in [0.1, 0.15) is 22.7 Å². The Morgan fingerprint density at radius 1 is 1.20 bits per heavy atom. The smallest absolute Gasteiger partial charge is 0.341 e. The number of fused-ring (bicyclic) bond motifs is 1. The van der Waals surface area contributed by atoms with E-state index >= 15 is 0 Å². The van der Waals surface area contributed by atoms with Crippen LogP contribution in [0, 0.1) is 0 Å². The van der Waals surface area contributed by atoms with E-state index in [-0.39, 0.29) is 12.1 Å². The molecule has 3 heterocycles. The van der Waals surface area contributed by atoms with Gasteiger partial charge in [-0.15, -0.1) is 0 Å². The maximum absolute atomic E-state index is 12.0. The van der Waals surface area contributed by atoms with E-state index in [4.69, 9.17) is 21.2 Å². The summed E-state index contributed by atoms with van der Waals surface area (Å²) in [6, 6.07) is 11.7. The largest absolute Gasteiger partial charge is 0.490 e. The Kier molecular flexibility index (Phi) is 6.40. The van der Waals surface area contributed by atoms with Gasteiger partial charge in [-0.05, 0) is 36.2 Å². The van der Waals surface area contributed by atoms with E-state index in [0.717, 1.165) is 41.8 Å². The highest BCUT2D eigenvalue weighted by atomic mass is 35.5. The summed E-state index contributed by atoms with van der Waals surface area (Å²) in [5.74, 6) is 0.813. The van der Waals surface area contributed by atoms with Crippen LogP contribution < -0.4 is 10.2 Å². The number of hydroxylamine groups is 1. The first-order valence-corrected chi connectivity index (χ1v) is 10.6. The summed E-state index contributed by atoms with van der Waals surface area (Å²) in [5.41, 5.74) is 5.26. The van der Waals surface area contributed by atoms with E-state index in [2.05, 4.69) is 10.5 Å². The Labute approximate surface area is 180 Å². The predicted molar refractivity (Wildman–Crippen MR) is 116 cm³/mol. The number of pyridine rings is 1. The molecule has 30 heavy (non-hydrogen) atoms. The second kappa shape index (κ2) is 9.36. The lowest BCUT2D eigenvalue weighted by Crippen LogP contribution is -2.46. The van der Waals surface area contributed by atoms with Crippen LogP contribution in [0.5, 0.6) is 5.75 Å². The molecule has 1 aromatic carbocycles. The first kappa shape index (κ1) is 20.5. The van der Waals surface area contributed by atoms with Crippen LogP contribution in [0.4, 0.5) is 4.79 Å². The zero-order valence-electron chi connectivity index (χ0n) is 16.9. The Morgan fingerprint density at radius 3 is 2.70 bits per heavy atom. The minimum Gasteiger partial charge on any atom is -0.490 e. The van der Waals surface area contributed by atoms with Crippen LogP contribution in [0.2, 0.25) is 5.15 Å². The van der Waals surface area contributed by atoms with E-state index < -0.39 is 0 Å². The second-order valence-electron chi connectivity index (χ2n) is 7.28. The number of ether oxygens (including phenoxy) is 1. The number of nitrogens with zero attached hydrogens (tertiary/aromatic N) is 3. The maximum atomic E-state index is 12.0. The first-order valence-electron chi connectivity index (χ1n) is 10.2. The predicted octanol–water partition coefficient (Wildman–Crippen LogP) is 4.55. The number of benzene rings is 1. The summed E-state index contributed by atoms with van der Waals surface area (Å²) in [5, 5.41) is 0.632. The number of likely N-dealkylation sites (tertiary alicyclic amines) is 1. The number of rotatable bonds is 6. The molecule has 0 bridgehead atoms. The van der Waals surface area contributed by atoms with E-state index in [9.17, 15) is 4.79 Å². The molecule has 0 unspecified atom stereocenters. The van der Waals surface area contributed by atoms with Crippen LogP contribution in [0.25, 0.3) is 16.8 Å². The van der Waals surface area contributed by atoms with Gasteiger partial charge < -0.3 is 9.64 Å². The highest BCUT2D eigenvalue weighted by Gasteiger charge is 2.24. The van der Waals surface area contributed by atoms with Gasteiger partial charge in [-0.1, -0.05) is 30.7 Å². The number of carbonyl (C=O) groups excluding carboxylic acids is 1. The summed E-state index contributed by atoms with van der Waals surface area (Å²) >= 11 is 6.54. The molecule has 158 valence electrons. The summed E-state index contributed by atoms with van der Waals surface area (Å²) in [4.78, 5) is 23.2. The fraction of sp³-hybridized carbons (Fsp3) is 0.364. The lowest BCUT2D eigenvalue weighted by Gasteiger charge is -2.32. The van der Waals surface area contributed by atoms with Crippen molar-refractivity contribution in [1.82, 2.24) is 19.8 Å². The molecule has 0 spiro atoms. The van der Waals surface area contributed by atoms with Crippen LogP contribution in [-0.4, -0.2) is 46.1 Å². The van der Waals surface area contributed by atoms with Crippen molar-refractivity contribution in [2.45, 2.75) is 32.3 Å². The van der Waals surface area contributed by atoms with Crippen molar-refractivity contribution < 1.29 is 14.4 Å². The van der Waals surface area contributed by atoms with Gasteiger partial charge in [-0.2, -0.15) is 0 Å². The monoisotopic (exact) mass is 428 g/mol. The molecule has 2 amide bonds. The lowest BCUT2D eigenvalue weighted by atomic mass is 10.1. The van der Waals surface area contributed by atoms with Gasteiger partial charge in [0.05, 0.1) is 6.61 Å². The summed E-state index contributed by atoms with van der Waals surface area (Å²) in [6.07, 6.45) is 6.09. The number of urea groups is 1. The Balaban J connectivity index is 1.33. The third-order valence-electron chi connectivity index (χ3n) is 5.17. The molecule has 7 nitrogen and oxygen atoms in total. The first-order chi connectivity index (χ1) is 14.7. The number of nitrogens with one attached hydrogen (secondary N) is 1. The van der Waals surface area contributed by atoms with Gasteiger partial charge in [0, 0.05) is 43.9 Å². The normalized spacial score (nSPS) is 14.8. The molecule has 3 aromatic rings. The van der Waals surface area contributed by atoms with Crippen LogP contribution in [0.1, 0.15) is 26.2 Å². The number of aromatic nitrogens is 2. The molecule has 1 fully saturated rings. The standard InChI is InChI=1S/C22H25ClN4O3/c1-2-15-29-25-22(28)26-12-9-18(10-13-26)30-17-5-3-16(4-6-17)19-7-8-20-24-11-14-27(20)21(19)23/h3-8,11,14,18H,2,9-10,12-13,15H2,1H3,(H,25,28). The highest BCUT2D eigenvalue weighted by Crippen LogP contribution is 2.30. The van der Waals surface area contributed by atoms with Crippen LogP contribution in [-0.2, 0) is 4.84 Å². The van der Waals surface area contributed by atoms with Crippen molar-refractivity contribution in [3.05, 3.63) is 53.9 Å². The fourth-order valence-corrected chi connectivity index (χ4v) is 3.85. The highest BCUT2D eigenvalue weighted by molar-refractivity contribution is 6.32. The summed E-state index contributed by atoms with van der Waals surface area (Å²) in [7, 11) is 0. The van der Waals surface area contributed by atoms with Crippen LogP contribution in [0.3, 0.4) is 0 Å². The number of imidazole rings is 1. The minimum absolute atomic E-state index is 0.0855. The van der Waals surface area contributed by atoms with Crippen molar-refractivity contribution >= 4 is 23.3 Å². The average molecular weight is 429 g/mol. The molecule has 2 aromatic heterocycles. The molecule has 0 radical (unpaired) electrons. The Hall–Kier alpha value is -2.77. The number of halogens is 1. The average Bonchev–Trinajstić information content (AvgIpc) is 3.25. The topological polar surface area (TPSA) is 68.1 Å². The number of hydrogen-bond acceptors (Lipinski definition) is 4. The maximum Gasteiger partial charge on any atom is 0.341 e. The molecule has 0 saturated carbocycles. The lowest BCUT2D eigenvalue weighted by molar-refractivity contribution is 0.0384. The number of hydrogen-bond donors (Lipinski definition) is 1. The molecule has 1 aliphatic rings. The fourth-order valence-electron chi connectivity index (χ4n) is 3.54. The Bertz CT molecular complexity index is 997. The molecule has 4 rings (SSSR count). The summed E-state index contributed by atoms with van der Waals surface area (Å²) < 4.78 is 7.98. The van der Waals surface area contributed by atoms with E-state index in [1.807, 2.05) is 53.9 Å². The third kappa shape index (κ3) is 4.52. The quantitative estimate of drug-likeness (QED) is 0.355. The Morgan fingerprint density at radius 2 is 1.97 bits per heavy atom. The number of piperidine rings is 1. The zero-order chi connectivity index (χ0) is 20.9. The van der Waals surface area contributed by atoms with Crippen molar-refractivity contribution in [2.75, 3.05) is 19.7 Å². The van der Waals surface area contributed by atoms with Crippen LogP contribution in [0.15, 0.2) is 48.8 Å². The third-order valence-corrected chi connectivity index (χ3v) is 5.55. The molecule has 1 N–H and O–H groups in total. The molecular formula is C22H25ClN4O3. The van der Waals surface area contributed by atoms with Gasteiger partial charge in [0.2, 0.25) is 0 Å². The van der Waals surface area contributed by atoms with Crippen LogP contribution >= 0.6 is 11.6 Å². The summed E-state index contributed by atoms with van der Waals surface area (Å²) in [6.45, 7) is 3.80. The molecule has 0 aliphatic carbocycles. The second-order valence-corrected chi connectivity index (χ2v) is 7.64. The van der Waals surface area contributed by atoms with Crippen molar-refractivity contribution in [3.63, 3.8) is 0 Å². The minimum atomic E-state index is -0.182. The van der Waals surface area contributed by atoms with Crippen molar-refractivity contribution in [3.8, 4) is 16.9 Å².